The molecule has 0 bridgehead atoms. The van der Waals surface area contributed by atoms with E-state index in [0.29, 0.717) is 13.0 Å². The highest BCUT2D eigenvalue weighted by atomic mass is 79.9. The van der Waals surface area contributed by atoms with Gasteiger partial charge in [-0.25, -0.2) is 4.98 Å². The van der Waals surface area contributed by atoms with Gasteiger partial charge in [0.25, 0.3) is 0 Å². The van der Waals surface area contributed by atoms with Crippen LogP contribution in [0, 0.1) is 6.92 Å². The lowest BCUT2D eigenvalue weighted by Crippen LogP contribution is -2.31. The summed E-state index contributed by atoms with van der Waals surface area (Å²) in [4.78, 5) is 17.9. The number of halogens is 1. The summed E-state index contributed by atoms with van der Waals surface area (Å²) >= 11 is 3.48. The number of carbonyl (C=O) groups excluding carboxylic acids is 1. The van der Waals surface area contributed by atoms with Gasteiger partial charge in [-0.15, -0.1) is 0 Å². The number of nitrogens with one attached hydrogen (secondary N) is 1. The zero-order chi connectivity index (χ0) is 13.5. The van der Waals surface area contributed by atoms with E-state index in [2.05, 4.69) is 26.2 Å². The molecule has 0 spiro atoms. The van der Waals surface area contributed by atoms with Gasteiger partial charge in [0.1, 0.15) is 5.82 Å². The Morgan fingerprint density at radius 1 is 1.44 bits per heavy atom. The van der Waals surface area contributed by atoms with E-state index in [-0.39, 0.29) is 5.91 Å². The molecule has 4 nitrogen and oxygen atoms in total. The highest BCUT2D eigenvalue weighted by Gasteiger charge is 2.09. The molecule has 1 rings (SSSR count). The minimum Gasteiger partial charge on any atom is -0.369 e. The lowest BCUT2D eigenvalue weighted by Gasteiger charge is -2.18. The van der Waals surface area contributed by atoms with Crippen molar-refractivity contribution in [3.8, 4) is 0 Å². The van der Waals surface area contributed by atoms with Crippen molar-refractivity contribution in [2.45, 2.75) is 27.2 Å². The number of aryl methyl sites for hydroxylation is 1. The Labute approximate surface area is 117 Å². The Morgan fingerprint density at radius 3 is 2.72 bits per heavy atom. The molecular weight excluding hydrogens is 294 g/mol. The average molecular weight is 314 g/mol. The molecule has 0 saturated heterocycles. The Morgan fingerprint density at radius 2 is 2.11 bits per heavy atom. The van der Waals surface area contributed by atoms with Crippen LogP contribution in [0.3, 0.4) is 0 Å². The van der Waals surface area contributed by atoms with Crippen LogP contribution in [0.1, 0.15) is 25.8 Å². The summed E-state index contributed by atoms with van der Waals surface area (Å²) < 4.78 is 0.959. The third-order valence-corrected chi connectivity index (χ3v) is 3.83. The first-order chi connectivity index (χ1) is 8.60. The predicted octanol–water partition coefficient (Wildman–Crippen LogP) is 2.82. The number of rotatable bonds is 6. The molecule has 100 valence electrons. The highest BCUT2D eigenvalue weighted by Crippen LogP contribution is 2.22. The molecule has 1 aromatic rings. The van der Waals surface area contributed by atoms with Gasteiger partial charge < -0.3 is 10.2 Å². The quantitative estimate of drug-likeness (QED) is 0.878. The van der Waals surface area contributed by atoms with Crippen LogP contribution in [0.15, 0.2) is 16.7 Å². The second kappa shape index (κ2) is 7.36. The lowest BCUT2D eigenvalue weighted by atomic mass is 10.3. The summed E-state index contributed by atoms with van der Waals surface area (Å²) in [5.41, 5.74) is 1.13. The van der Waals surface area contributed by atoms with Crippen molar-refractivity contribution in [3.05, 3.63) is 22.3 Å². The Hall–Kier alpha value is -1.10. The van der Waals surface area contributed by atoms with Gasteiger partial charge >= 0.3 is 0 Å². The molecule has 0 aromatic carbocycles. The Bertz CT molecular complexity index is 405. The van der Waals surface area contributed by atoms with Crippen molar-refractivity contribution in [2.75, 3.05) is 25.0 Å². The van der Waals surface area contributed by atoms with Crippen LogP contribution in [0.25, 0.3) is 0 Å². The molecule has 5 heteroatoms. The van der Waals surface area contributed by atoms with Crippen molar-refractivity contribution in [1.29, 1.82) is 0 Å². The Kier molecular flexibility index (Phi) is 6.12. The second-order valence-electron chi connectivity index (χ2n) is 4.03. The van der Waals surface area contributed by atoms with E-state index in [1.807, 2.05) is 31.7 Å². The van der Waals surface area contributed by atoms with Gasteiger partial charge in [0, 0.05) is 32.3 Å². The van der Waals surface area contributed by atoms with E-state index < -0.39 is 0 Å². The van der Waals surface area contributed by atoms with Crippen molar-refractivity contribution in [1.82, 2.24) is 9.88 Å². The van der Waals surface area contributed by atoms with Crippen molar-refractivity contribution in [2.24, 2.45) is 0 Å². The molecule has 0 radical (unpaired) electrons. The van der Waals surface area contributed by atoms with E-state index in [0.717, 1.165) is 28.9 Å². The monoisotopic (exact) mass is 313 g/mol. The van der Waals surface area contributed by atoms with E-state index >= 15 is 0 Å². The molecule has 0 atom stereocenters. The third kappa shape index (κ3) is 3.98. The van der Waals surface area contributed by atoms with Gasteiger partial charge in [0.2, 0.25) is 5.91 Å². The van der Waals surface area contributed by atoms with Crippen molar-refractivity contribution in [3.63, 3.8) is 0 Å². The molecule has 0 fully saturated rings. The number of carbonyl (C=O) groups is 1. The first-order valence-electron chi connectivity index (χ1n) is 6.22. The largest absolute Gasteiger partial charge is 0.369 e. The molecule has 0 unspecified atom stereocenters. The van der Waals surface area contributed by atoms with Gasteiger partial charge in [-0.05, 0) is 48.3 Å². The van der Waals surface area contributed by atoms with Crippen LogP contribution in [0.5, 0.6) is 0 Å². The van der Waals surface area contributed by atoms with E-state index in [1.165, 1.54) is 0 Å². The summed E-state index contributed by atoms with van der Waals surface area (Å²) in [6.07, 6.45) is 2.25. The van der Waals surface area contributed by atoms with Gasteiger partial charge in [-0.2, -0.15) is 0 Å². The predicted molar refractivity (Wildman–Crippen MR) is 77.7 cm³/mol. The van der Waals surface area contributed by atoms with Gasteiger partial charge in [-0.3, -0.25) is 4.79 Å². The van der Waals surface area contributed by atoms with Crippen LogP contribution >= 0.6 is 15.9 Å². The zero-order valence-electron chi connectivity index (χ0n) is 11.2. The smallest absolute Gasteiger partial charge is 0.224 e. The second-order valence-corrected chi connectivity index (χ2v) is 4.83. The minimum absolute atomic E-state index is 0.177. The van der Waals surface area contributed by atoms with Crippen LogP contribution in [0.2, 0.25) is 0 Å². The zero-order valence-corrected chi connectivity index (χ0v) is 12.7. The normalized spacial score (nSPS) is 10.2. The molecule has 1 heterocycles. The first kappa shape index (κ1) is 15.0. The molecule has 18 heavy (non-hydrogen) atoms. The molecular formula is C13H20BrN3O. The summed E-state index contributed by atoms with van der Waals surface area (Å²) in [6, 6.07) is 1.94. The van der Waals surface area contributed by atoms with Crippen LogP contribution in [-0.4, -0.2) is 35.4 Å². The van der Waals surface area contributed by atoms with E-state index in [1.54, 1.807) is 6.20 Å². The fourth-order valence-electron chi connectivity index (χ4n) is 1.69. The SMILES string of the molecule is CCN(CC)C(=O)CCNc1nccc(C)c1Br. The number of hydrogen-bond donors (Lipinski definition) is 1. The maximum atomic E-state index is 11.8. The average Bonchev–Trinajstić information content (AvgIpc) is 2.36. The van der Waals surface area contributed by atoms with Gasteiger partial charge in [0.05, 0.1) is 4.47 Å². The molecule has 1 amide bonds. The van der Waals surface area contributed by atoms with Crippen LogP contribution < -0.4 is 5.32 Å². The summed E-state index contributed by atoms with van der Waals surface area (Å²) in [6.45, 7) is 8.13. The van der Waals surface area contributed by atoms with E-state index in [4.69, 9.17) is 0 Å². The van der Waals surface area contributed by atoms with Crippen LogP contribution in [0.4, 0.5) is 5.82 Å². The number of anilines is 1. The molecule has 0 aliphatic rings. The van der Waals surface area contributed by atoms with Gasteiger partial charge in [-0.1, -0.05) is 0 Å². The number of nitrogens with zero attached hydrogens (tertiary/aromatic N) is 2. The number of aromatic nitrogens is 1. The lowest BCUT2D eigenvalue weighted by molar-refractivity contribution is -0.130. The maximum Gasteiger partial charge on any atom is 0.224 e. The molecule has 0 aliphatic carbocycles. The van der Waals surface area contributed by atoms with Gasteiger partial charge in [0.15, 0.2) is 0 Å². The van der Waals surface area contributed by atoms with Crippen LogP contribution in [-0.2, 0) is 4.79 Å². The molecule has 0 saturated carbocycles. The number of pyridine rings is 1. The standard InChI is InChI=1S/C13H20BrN3O/c1-4-17(5-2)11(18)7-9-16-13-12(14)10(3)6-8-15-13/h6,8H,4-5,7,9H2,1-3H3,(H,15,16). The minimum atomic E-state index is 0.177. The van der Waals surface area contributed by atoms with E-state index in [9.17, 15) is 4.79 Å². The fraction of sp³-hybridized carbons (Fsp3) is 0.538. The molecule has 1 aromatic heterocycles. The summed E-state index contributed by atoms with van der Waals surface area (Å²) in [5.74, 6) is 0.971. The summed E-state index contributed by atoms with van der Waals surface area (Å²) in [7, 11) is 0. The number of hydrogen-bond acceptors (Lipinski definition) is 3. The number of amides is 1. The topological polar surface area (TPSA) is 45.2 Å². The Balaban J connectivity index is 2.47. The van der Waals surface area contributed by atoms with Crippen molar-refractivity contribution < 1.29 is 4.79 Å². The maximum absolute atomic E-state index is 11.8. The highest BCUT2D eigenvalue weighted by molar-refractivity contribution is 9.10. The van der Waals surface area contributed by atoms with Crippen molar-refractivity contribution >= 4 is 27.7 Å². The first-order valence-corrected chi connectivity index (χ1v) is 7.02. The third-order valence-electron chi connectivity index (χ3n) is 2.83. The summed E-state index contributed by atoms with van der Waals surface area (Å²) in [5, 5.41) is 3.18. The molecule has 1 N–H and O–H groups in total. The molecule has 0 aliphatic heterocycles. The fourth-order valence-corrected chi connectivity index (χ4v) is 2.06.